The van der Waals surface area contributed by atoms with E-state index in [1.165, 1.54) is 38.0 Å². The highest BCUT2D eigenvalue weighted by Gasteiger charge is 2.17. The van der Waals surface area contributed by atoms with Crippen LogP contribution in [0.3, 0.4) is 0 Å². The van der Waals surface area contributed by atoms with Crippen molar-refractivity contribution in [1.29, 1.82) is 0 Å². The van der Waals surface area contributed by atoms with Crippen LogP contribution >= 0.6 is 23.2 Å². The van der Waals surface area contributed by atoms with Gasteiger partial charge in [0.25, 0.3) is 0 Å². The van der Waals surface area contributed by atoms with Crippen molar-refractivity contribution in [3.63, 3.8) is 0 Å². The molecule has 0 unspecified atom stereocenters. The van der Waals surface area contributed by atoms with Gasteiger partial charge in [0.2, 0.25) is 0 Å². The highest BCUT2D eigenvalue weighted by molar-refractivity contribution is 6.35. The summed E-state index contributed by atoms with van der Waals surface area (Å²) < 4.78 is 0. The zero-order valence-electron chi connectivity index (χ0n) is 11.5. The molecule has 0 aromatic heterocycles. The Labute approximate surface area is 126 Å². The van der Waals surface area contributed by atoms with Crippen molar-refractivity contribution in [1.82, 2.24) is 10.2 Å². The molecular weight excluding hydrogens is 279 g/mol. The van der Waals surface area contributed by atoms with E-state index in [4.69, 9.17) is 23.2 Å². The van der Waals surface area contributed by atoms with Crippen LogP contribution in [0.5, 0.6) is 0 Å². The Morgan fingerprint density at radius 3 is 2.63 bits per heavy atom. The smallest absolute Gasteiger partial charge is 0.0453 e. The highest BCUT2D eigenvalue weighted by atomic mass is 35.5. The molecule has 0 atom stereocenters. The molecule has 0 radical (unpaired) electrons. The molecule has 19 heavy (non-hydrogen) atoms. The van der Waals surface area contributed by atoms with E-state index in [-0.39, 0.29) is 0 Å². The Morgan fingerprint density at radius 1 is 1.26 bits per heavy atom. The van der Waals surface area contributed by atoms with Crippen LogP contribution in [0.2, 0.25) is 10.0 Å². The van der Waals surface area contributed by atoms with E-state index >= 15 is 0 Å². The molecule has 1 aromatic rings. The predicted molar refractivity (Wildman–Crippen MR) is 83.3 cm³/mol. The van der Waals surface area contributed by atoms with Crippen molar-refractivity contribution < 1.29 is 0 Å². The van der Waals surface area contributed by atoms with Gasteiger partial charge in [0.1, 0.15) is 0 Å². The zero-order chi connectivity index (χ0) is 13.7. The minimum atomic E-state index is 0.661. The SMILES string of the molecule is CCN1CCC(NCCc2ccc(Cl)cc2Cl)CC1. The number of nitrogens with zero attached hydrogens (tertiary/aromatic N) is 1. The topological polar surface area (TPSA) is 15.3 Å². The van der Waals surface area contributed by atoms with Crippen molar-refractivity contribution in [2.24, 2.45) is 0 Å². The normalized spacial score (nSPS) is 17.8. The third kappa shape index (κ3) is 4.64. The fourth-order valence-electron chi connectivity index (χ4n) is 2.59. The summed E-state index contributed by atoms with van der Waals surface area (Å²) >= 11 is 12.1. The fraction of sp³-hybridized carbons (Fsp3) is 0.600. The number of likely N-dealkylation sites (tertiary alicyclic amines) is 1. The van der Waals surface area contributed by atoms with Gasteiger partial charge in [-0.25, -0.2) is 0 Å². The second kappa shape index (κ2) is 7.49. The Morgan fingerprint density at radius 2 is 2.00 bits per heavy atom. The number of nitrogens with one attached hydrogen (secondary N) is 1. The van der Waals surface area contributed by atoms with E-state index in [9.17, 15) is 0 Å². The molecule has 1 aliphatic heterocycles. The number of halogens is 2. The lowest BCUT2D eigenvalue weighted by Gasteiger charge is -2.31. The molecule has 1 N–H and O–H groups in total. The quantitative estimate of drug-likeness (QED) is 0.894. The first-order valence-corrected chi connectivity index (χ1v) is 7.84. The van der Waals surface area contributed by atoms with E-state index in [1.54, 1.807) is 0 Å². The van der Waals surface area contributed by atoms with E-state index in [2.05, 4.69) is 17.1 Å². The van der Waals surface area contributed by atoms with Crippen LogP contribution in [0, 0.1) is 0 Å². The van der Waals surface area contributed by atoms with E-state index in [0.29, 0.717) is 11.1 Å². The van der Waals surface area contributed by atoms with Crippen LogP contribution in [0.1, 0.15) is 25.3 Å². The Bertz CT molecular complexity index is 401. The van der Waals surface area contributed by atoms with Crippen LogP contribution in [0.4, 0.5) is 0 Å². The summed E-state index contributed by atoms with van der Waals surface area (Å²) in [6, 6.07) is 6.40. The summed E-state index contributed by atoms with van der Waals surface area (Å²) in [6.45, 7) is 6.83. The average molecular weight is 301 g/mol. The summed E-state index contributed by atoms with van der Waals surface area (Å²) in [5.74, 6) is 0. The molecule has 0 bridgehead atoms. The molecule has 1 heterocycles. The van der Waals surface area contributed by atoms with Gasteiger partial charge in [0.05, 0.1) is 0 Å². The van der Waals surface area contributed by atoms with Crippen LogP contribution in [-0.4, -0.2) is 37.1 Å². The van der Waals surface area contributed by atoms with Crippen molar-refractivity contribution >= 4 is 23.2 Å². The summed E-state index contributed by atoms with van der Waals surface area (Å²) in [6.07, 6.45) is 3.47. The molecule has 106 valence electrons. The van der Waals surface area contributed by atoms with Crippen LogP contribution in [-0.2, 0) is 6.42 Å². The lowest BCUT2D eigenvalue weighted by molar-refractivity contribution is 0.207. The number of benzene rings is 1. The summed E-state index contributed by atoms with van der Waals surface area (Å²) in [7, 11) is 0. The molecular formula is C15H22Cl2N2. The third-order valence-electron chi connectivity index (χ3n) is 3.88. The van der Waals surface area contributed by atoms with Crippen molar-refractivity contribution in [2.45, 2.75) is 32.2 Å². The van der Waals surface area contributed by atoms with Crippen LogP contribution < -0.4 is 5.32 Å². The van der Waals surface area contributed by atoms with Gasteiger partial charge in [-0.3, -0.25) is 0 Å². The first-order chi connectivity index (χ1) is 9.19. The minimum Gasteiger partial charge on any atom is -0.314 e. The zero-order valence-corrected chi connectivity index (χ0v) is 13.0. The van der Waals surface area contributed by atoms with Crippen LogP contribution in [0.25, 0.3) is 0 Å². The fourth-order valence-corrected chi connectivity index (χ4v) is 3.09. The Kier molecular flexibility index (Phi) is 5.96. The van der Waals surface area contributed by atoms with Crippen molar-refractivity contribution in [3.05, 3.63) is 33.8 Å². The standard InChI is InChI=1S/C15H22Cl2N2/c1-2-19-9-6-14(7-10-19)18-8-5-12-3-4-13(16)11-15(12)17/h3-4,11,14,18H,2,5-10H2,1H3. The molecule has 0 spiro atoms. The van der Waals surface area contributed by atoms with Gasteiger partial charge < -0.3 is 10.2 Å². The van der Waals surface area contributed by atoms with Gasteiger partial charge in [0, 0.05) is 16.1 Å². The summed E-state index contributed by atoms with van der Waals surface area (Å²) in [5.41, 5.74) is 1.17. The summed E-state index contributed by atoms with van der Waals surface area (Å²) in [5, 5.41) is 5.11. The first kappa shape index (κ1) is 15.1. The maximum absolute atomic E-state index is 6.17. The van der Waals surface area contributed by atoms with Crippen LogP contribution in [0.15, 0.2) is 18.2 Å². The van der Waals surface area contributed by atoms with Gasteiger partial charge in [-0.15, -0.1) is 0 Å². The molecule has 0 aliphatic carbocycles. The summed E-state index contributed by atoms with van der Waals surface area (Å²) in [4.78, 5) is 2.51. The molecule has 1 aliphatic rings. The first-order valence-electron chi connectivity index (χ1n) is 7.08. The molecule has 2 rings (SSSR count). The van der Waals surface area contributed by atoms with Crippen molar-refractivity contribution in [2.75, 3.05) is 26.2 Å². The molecule has 4 heteroatoms. The molecule has 1 saturated heterocycles. The second-order valence-electron chi connectivity index (χ2n) is 5.15. The Hall–Kier alpha value is -0.280. The number of hydrogen-bond acceptors (Lipinski definition) is 2. The molecule has 1 aromatic carbocycles. The van der Waals surface area contributed by atoms with Gasteiger partial charge in [0.15, 0.2) is 0 Å². The van der Waals surface area contributed by atoms with Gasteiger partial charge >= 0.3 is 0 Å². The highest BCUT2D eigenvalue weighted by Crippen LogP contribution is 2.21. The lowest BCUT2D eigenvalue weighted by Crippen LogP contribution is -2.42. The van der Waals surface area contributed by atoms with Gasteiger partial charge in [-0.2, -0.15) is 0 Å². The molecule has 1 fully saturated rings. The third-order valence-corrected chi connectivity index (χ3v) is 4.46. The largest absolute Gasteiger partial charge is 0.314 e. The molecule has 2 nitrogen and oxygen atoms in total. The maximum atomic E-state index is 6.17. The van der Waals surface area contributed by atoms with Gasteiger partial charge in [-0.05, 0) is 63.1 Å². The number of hydrogen-bond donors (Lipinski definition) is 1. The number of piperidine rings is 1. The van der Waals surface area contributed by atoms with E-state index in [1.807, 2.05) is 18.2 Å². The second-order valence-corrected chi connectivity index (χ2v) is 5.99. The predicted octanol–water partition coefficient (Wildman–Crippen LogP) is 3.61. The average Bonchev–Trinajstić information content (AvgIpc) is 2.42. The Balaban J connectivity index is 1.72. The van der Waals surface area contributed by atoms with E-state index < -0.39 is 0 Å². The minimum absolute atomic E-state index is 0.661. The number of rotatable bonds is 5. The van der Waals surface area contributed by atoms with E-state index in [0.717, 1.165) is 18.0 Å². The van der Waals surface area contributed by atoms with Crippen molar-refractivity contribution in [3.8, 4) is 0 Å². The maximum Gasteiger partial charge on any atom is 0.0453 e. The lowest BCUT2D eigenvalue weighted by atomic mass is 10.0. The molecule has 0 saturated carbocycles. The molecule has 0 amide bonds. The van der Waals surface area contributed by atoms with Gasteiger partial charge in [-0.1, -0.05) is 36.2 Å². The monoisotopic (exact) mass is 300 g/mol.